The quantitative estimate of drug-likeness (QED) is 0.711. The van der Waals surface area contributed by atoms with Gasteiger partial charge in [-0.2, -0.15) is 4.52 Å². The monoisotopic (exact) mass is 242 g/mol. The highest BCUT2D eigenvalue weighted by Crippen LogP contribution is 2.22. The van der Waals surface area contributed by atoms with Crippen molar-refractivity contribution in [1.29, 1.82) is 0 Å². The Morgan fingerprint density at radius 3 is 2.78 bits per heavy atom. The predicted molar refractivity (Wildman–Crippen MR) is 65.1 cm³/mol. The first-order chi connectivity index (χ1) is 8.78. The van der Waals surface area contributed by atoms with E-state index in [4.69, 9.17) is 4.42 Å². The van der Waals surface area contributed by atoms with Crippen LogP contribution < -0.4 is 5.32 Å². The molecule has 0 saturated carbocycles. The van der Waals surface area contributed by atoms with Crippen LogP contribution in [0, 0.1) is 6.92 Å². The largest absolute Gasteiger partial charge is 0.417 e. The number of hydrogen-bond donors (Lipinski definition) is 1. The number of aryl methyl sites for hydroxylation is 1. The lowest BCUT2D eigenvalue weighted by Gasteiger charge is -1.98. The lowest BCUT2D eigenvalue weighted by atomic mass is 10.2. The summed E-state index contributed by atoms with van der Waals surface area (Å²) in [5.41, 5.74) is 2.18. The summed E-state index contributed by atoms with van der Waals surface area (Å²) in [5, 5.41) is 6.89. The van der Waals surface area contributed by atoms with Crippen LogP contribution in [0.15, 0.2) is 34.9 Å². The maximum atomic E-state index is 10.3. The molecule has 0 bridgehead atoms. The van der Waals surface area contributed by atoms with Gasteiger partial charge in [-0.25, -0.2) is 4.98 Å². The zero-order chi connectivity index (χ0) is 12.5. The summed E-state index contributed by atoms with van der Waals surface area (Å²) < 4.78 is 7.22. The number of hydrogen-bond acceptors (Lipinski definition) is 4. The van der Waals surface area contributed by atoms with Gasteiger partial charge < -0.3 is 9.73 Å². The molecule has 1 aromatic carbocycles. The number of nitrogens with zero attached hydrogens (tertiary/aromatic N) is 3. The molecule has 0 unspecified atom stereocenters. The second-order valence-electron chi connectivity index (χ2n) is 3.80. The molecule has 6 nitrogen and oxygen atoms in total. The van der Waals surface area contributed by atoms with Crippen molar-refractivity contribution < 1.29 is 9.21 Å². The maximum absolute atomic E-state index is 10.3. The maximum Gasteiger partial charge on any atom is 0.246 e. The average Bonchev–Trinajstić information content (AvgIpc) is 2.94. The van der Waals surface area contributed by atoms with Gasteiger partial charge in [-0.3, -0.25) is 4.79 Å². The zero-order valence-corrected chi connectivity index (χ0v) is 9.62. The van der Waals surface area contributed by atoms with Gasteiger partial charge >= 0.3 is 0 Å². The van der Waals surface area contributed by atoms with E-state index in [9.17, 15) is 4.79 Å². The lowest BCUT2D eigenvalue weighted by Crippen LogP contribution is -1.93. The Labute approximate surface area is 102 Å². The van der Waals surface area contributed by atoms with E-state index in [0.717, 1.165) is 17.1 Å². The number of amides is 1. The van der Waals surface area contributed by atoms with Crippen LogP contribution >= 0.6 is 0 Å². The van der Waals surface area contributed by atoms with E-state index in [1.807, 2.05) is 19.1 Å². The number of carbonyl (C=O) groups excluding carboxylic acids is 1. The lowest BCUT2D eigenvalue weighted by molar-refractivity contribution is -0.105. The molecule has 0 atom stereocenters. The van der Waals surface area contributed by atoms with E-state index in [2.05, 4.69) is 15.4 Å². The number of benzene rings is 1. The van der Waals surface area contributed by atoms with Crippen molar-refractivity contribution in [3.05, 3.63) is 36.3 Å². The molecule has 1 amide bonds. The van der Waals surface area contributed by atoms with Gasteiger partial charge in [-0.15, -0.1) is 5.10 Å². The molecule has 6 heteroatoms. The summed E-state index contributed by atoms with van der Waals surface area (Å²) in [4.78, 5) is 14.4. The summed E-state index contributed by atoms with van der Waals surface area (Å²) in [6.45, 7) is 1.86. The second-order valence-corrected chi connectivity index (χ2v) is 3.80. The number of anilines is 1. The van der Waals surface area contributed by atoms with E-state index in [1.54, 1.807) is 22.8 Å². The van der Waals surface area contributed by atoms with Crippen LogP contribution in [-0.4, -0.2) is 21.0 Å². The number of imidazole rings is 1. The fraction of sp³-hybridized carbons (Fsp3) is 0.0833. The Kier molecular flexibility index (Phi) is 2.33. The highest BCUT2D eigenvalue weighted by atomic mass is 16.4. The fourth-order valence-corrected chi connectivity index (χ4v) is 1.71. The smallest absolute Gasteiger partial charge is 0.246 e. The van der Waals surface area contributed by atoms with E-state index in [0.29, 0.717) is 18.0 Å². The summed E-state index contributed by atoms with van der Waals surface area (Å²) in [5.74, 6) is 1.30. The van der Waals surface area contributed by atoms with Crippen LogP contribution in [-0.2, 0) is 4.79 Å². The molecule has 0 saturated heterocycles. The predicted octanol–water partition coefficient (Wildman–Crippen LogP) is 1.87. The molecule has 18 heavy (non-hydrogen) atoms. The first-order valence-electron chi connectivity index (χ1n) is 5.40. The van der Waals surface area contributed by atoms with Gasteiger partial charge in [0.05, 0.1) is 6.20 Å². The Balaban J connectivity index is 2.00. The fourth-order valence-electron chi connectivity index (χ4n) is 1.71. The molecule has 0 aliphatic carbocycles. The molecule has 0 aliphatic heterocycles. The summed E-state index contributed by atoms with van der Waals surface area (Å²) in [6.07, 6.45) is 2.27. The Bertz CT molecular complexity index is 697. The molecule has 3 aromatic rings. The third-order valence-corrected chi connectivity index (χ3v) is 2.63. The molecule has 2 aromatic heterocycles. The van der Waals surface area contributed by atoms with Gasteiger partial charge in [-0.1, -0.05) is 0 Å². The van der Waals surface area contributed by atoms with Crippen LogP contribution in [0.3, 0.4) is 0 Å². The van der Waals surface area contributed by atoms with Crippen molar-refractivity contribution in [1.82, 2.24) is 14.6 Å². The van der Waals surface area contributed by atoms with Gasteiger partial charge in [0.1, 0.15) is 5.82 Å². The Morgan fingerprint density at radius 1 is 1.33 bits per heavy atom. The van der Waals surface area contributed by atoms with Gasteiger partial charge in [0, 0.05) is 11.3 Å². The first kappa shape index (κ1) is 10.5. The minimum absolute atomic E-state index is 0.521. The second kappa shape index (κ2) is 3.99. The van der Waals surface area contributed by atoms with E-state index < -0.39 is 0 Å². The van der Waals surface area contributed by atoms with Crippen LogP contribution in [0.1, 0.15) is 5.82 Å². The van der Waals surface area contributed by atoms with Crippen molar-refractivity contribution in [3.63, 3.8) is 0 Å². The molecular weight excluding hydrogens is 232 g/mol. The van der Waals surface area contributed by atoms with Gasteiger partial charge in [-0.05, 0) is 31.2 Å². The SMILES string of the molecule is Cc1ncc2oc(-c3ccc(NC=O)cc3)nn12. The minimum Gasteiger partial charge on any atom is -0.417 e. The molecule has 0 spiro atoms. The van der Waals surface area contributed by atoms with Crippen molar-refractivity contribution >= 4 is 17.8 Å². The number of carbonyl (C=O) groups is 1. The number of rotatable bonds is 3. The molecule has 0 fully saturated rings. The average molecular weight is 242 g/mol. The highest BCUT2D eigenvalue weighted by molar-refractivity contribution is 5.72. The van der Waals surface area contributed by atoms with Crippen molar-refractivity contribution in [3.8, 4) is 11.5 Å². The van der Waals surface area contributed by atoms with Crippen LogP contribution in [0.2, 0.25) is 0 Å². The van der Waals surface area contributed by atoms with Crippen molar-refractivity contribution in [2.75, 3.05) is 5.32 Å². The van der Waals surface area contributed by atoms with E-state index >= 15 is 0 Å². The van der Waals surface area contributed by atoms with Crippen molar-refractivity contribution in [2.24, 2.45) is 0 Å². The van der Waals surface area contributed by atoms with E-state index in [1.165, 1.54) is 0 Å². The molecule has 3 rings (SSSR count). The van der Waals surface area contributed by atoms with Crippen LogP contribution in [0.25, 0.3) is 17.2 Å². The molecule has 90 valence electrons. The standard InChI is InChI=1S/C12H10N4O2/c1-8-13-6-11-16(8)15-12(18-11)9-2-4-10(5-3-9)14-7-17/h2-7H,1H3,(H,14,17). The first-order valence-corrected chi connectivity index (χ1v) is 5.40. The van der Waals surface area contributed by atoms with Crippen molar-refractivity contribution in [2.45, 2.75) is 6.92 Å². The summed E-state index contributed by atoms with van der Waals surface area (Å²) in [7, 11) is 0. The summed E-state index contributed by atoms with van der Waals surface area (Å²) in [6, 6.07) is 7.24. The zero-order valence-electron chi connectivity index (χ0n) is 9.62. The molecule has 0 aliphatic rings. The van der Waals surface area contributed by atoms with E-state index in [-0.39, 0.29) is 0 Å². The third kappa shape index (κ3) is 1.64. The third-order valence-electron chi connectivity index (χ3n) is 2.63. The Morgan fingerprint density at radius 2 is 2.11 bits per heavy atom. The number of aromatic nitrogens is 3. The van der Waals surface area contributed by atoms with Crippen LogP contribution in [0.4, 0.5) is 5.69 Å². The van der Waals surface area contributed by atoms with Gasteiger partial charge in [0.25, 0.3) is 0 Å². The molecular formula is C12H10N4O2. The number of nitrogens with one attached hydrogen (secondary N) is 1. The minimum atomic E-state index is 0.521. The van der Waals surface area contributed by atoms with Crippen LogP contribution in [0.5, 0.6) is 0 Å². The topological polar surface area (TPSA) is 72.4 Å². The highest BCUT2D eigenvalue weighted by Gasteiger charge is 2.10. The Hall–Kier alpha value is -2.63. The van der Waals surface area contributed by atoms with Gasteiger partial charge in [0.2, 0.25) is 18.0 Å². The normalized spacial score (nSPS) is 10.7. The molecule has 2 heterocycles. The summed E-state index contributed by atoms with van der Waals surface area (Å²) >= 11 is 0. The molecule has 0 radical (unpaired) electrons. The number of fused-ring (bicyclic) bond motifs is 1. The van der Waals surface area contributed by atoms with Gasteiger partial charge in [0.15, 0.2) is 0 Å². The molecule has 1 N–H and O–H groups in total.